The number of carbonyl (C=O) groups is 1. The van der Waals surface area contributed by atoms with E-state index in [-0.39, 0.29) is 5.91 Å². The molecule has 2 fully saturated rings. The van der Waals surface area contributed by atoms with E-state index in [4.69, 9.17) is 0 Å². The summed E-state index contributed by atoms with van der Waals surface area (Å²) in [6.07, 6.45) is 2.93. The molecular formula is C12H23N3O. The molecule has 1 amide bonds. The molecule has 0 bridgehead atoms. The Morgan fingerprint density at radius 2 is 2.31 bits per heavy atom. The van der Waals surface area contributed by atoms with Crippen molar-refractivity contribution in [2.45, 2.75) is 51.2 Å². The minimum atomic E-state index is 0.210. The molecule has 4 nitrogen and oxygen atoms in total. The highest BCUT2D eigenvalue weighted by molar-refractivity contribution is 5.78. The number of nitrogens with one attached hydrogen (secondary N) is 2. The van der Waals surface area contributed by atoms with Crippen LogP contribution >= 0.6 is 0 Å². The fourth-order valence-electron chi connectivity index (χ4n) is 2.56. The fourth-order valence-corrected chi connectivity index (χ4v) is 2.56. The second-order valence-electron chi connectivity index (χ2n) is 5.29. The lowest BCUT2D eigenvalue weighted by molar-refractivity contribution is -0.119. The standard InChI is InChI=1S/C12H23N3O/c1-9(2)15-6-5-11(8-15)13-7-10-3-4-12(16)14-10/h9-11,13H,3-8H2,1-2H3,(H,14,16). The van der Waals surface area contributed by atoms with Crippen molar-refractivity contribution in [3.63, 3.8) is 0 Å². The molecule has 16 heavy (non-hydrogen) atoms. The zero-order valence-electron chi connectivity index (χ0n) is 10.3. The molecule has 2 N–H and O–H groups in total. The first-order chi connectivity index (χ1) is 7.65. The lowest BCUT2D eigenvalue weighted by Crippen LogP contribution is -2.42. The smallest absolute Gasteiger partial charge is 0.220 e. The van der Waals surface area contributed by atoms with Gasteiger partial charge in [0.2, 0.25) is 5.91 Å². The highest BCUT2D eigenvalue weighted by Gasteiger charge is 2.26. The van der Waals surface area contributed by atoms with Gasteiger partial charge < -0.3 is 10.6 Å². The van der Waals surface area contributed by atoms with Gasteiger partial charge in [-0.05, 0) is 33.2 Å². The average Bonchev–Trinajstić information content (AvgIpc) is 2.83. The van der Waals surface area contributed by atoms with Crippen molar-refractivity contribution in [3.05, 3.63) is 0 Å². The molecule has 2 heterocycles. The Bertz CT molecular complexity index is 255. The van der Waals surface area contributed by atoms with Crippen LogP contribution in [0, 0.1) is 0 Å². The van der Waals surface area contributed by atoms with Gasteiger partial charge >= 0.3 is 0 Å². The van der Waals surface area contributed by atoms with Crippen LogP contribution in [0.4, 0.5) is 0 Å². The number of hydrogen-bond donors (Lipinski definition) is 2. The van der Waals surface area contributed by atoms with Crippen molar-refractivity contribution < 1.29 is 4.79 Å². The molecule has 0 spiro atoms. The fraction of sp³-hybridized carbons (Fsp3) is 0.917. The summed E-state index contributed by atoms with van der Waals surface area (Å²) in [6.45, 7) is 7.78. The number of carbonyl (C=O) groups excluding carboxylic acids is 1. The molecule has 2 aliphatic rings. The van der Waals surface area contributed by atoms with Gasteiger partial charge in [-0.3, -0.25) is 9.69 Å². The normalized spacial score (nSPS) is 31.3. The Morgan fingerprint density at radius 3 is 2.88 bits per heavy atom. The molecule has 2 atom stereocenters. The summed E-state index contributed by atoms with van der Waals surface area (Å²) >= 11 is 0. The van der Waals surface area contributed by atoms with E-state index in [2.05, 4.69) is 29.4 Å². The van der Waals surface area contributed by atoms with Gasteiger partial charge in [0.05, 0.1) is 0 Å². The second kappa shape index (κ2) is 5.15. The molecule has 2 unspecified atom stereocenters. The summed E-state index contributed by atoms with van der Waals surface area (Å²) in [5.41, 5.74) is 0. The quantitative estimate of drug-likeness (QED) is 0.725. The van der Waals surface area contributed by atoms with Gasteiger partial charge in [0.1, 0.15) is 0 Å². The molecule has 2 aliphatic heterocycles. The Labute approximate surface area is 97.8 Å². The Morgan fingerprint density at radius 1 is 1.50 bits per heavy atom. The lowest BCUT2D eigenvalue weighted by atomic mass is 10.2. The third-order valence-electron chi connectivity index (χ3n) is 3.69. The van der Waals surface area contributed by atoms with E-state index in [0.29, 0.717) is 24.5 Å². The molecule has 0 aromatic carbocycles. The maximum Gasteiger partial charge on any atom is 0.220 e. The van der Waals surface area contributed by atoms with Gasteiger partial charge in [-0.15, -0.1) is 0 Å². The molecule has 2 saturated heterocycles. The maximum atomic E-state index is 11.0. The first-order valence-electron chi connectivity index (χ1n) is 6.42. The second-order valence-corrected chi connectivity index (χ2v) is 5.29. The third kappa shape index (κ3) is 2.95. The largest absolute Gasteiger partial charge is 0.352 e. The van der Waals surface area contributed by atoms with Crippen LogP contribution < -0.4 is 10.6 Å². The van der Waals surface area contributed by atoms with E-state index >= 15 is 0 Å². The molecule has 0 aliphatic carbocycles. The maximum absolute atomic E-state index is 11.0. The molecule has 0 aromatic rings. The van der Waals surface area contributed by atoms with Gasteiger partial charge in [-0.25, -0.2) is 0 Å². The highest BCUT2D eigenvalue weighted by atomic mass is 16.1. The van der Waals surface area contributed by atoms with Crippen LogP contribution in [0.1, 0.15) is 33.1 Å². The van der Waals surface area contributed by atoms with Gasteiger partial charge in [0.25, 0.3) is 0 Å². The summed E-state index contributed by atoms with van der Waals surface area (Å²) in [6, 6.07) is 1.62. The third-order valence-corrected chi connectivity index (χ3v) is 3.69. The monoisotopic (exact) mass is 225 g/mol. The Hall–Kier alpha value is -0.610. The number of likely N-dealkylation sites (tertiary alicyclic amines) is 1. The first kappa shape index (κ1) is 11.9. The molecule has 92 valence electrons. The van der Waals surface area contributed by atoms with Crippen LogP contribution in [0.2, 0.25) is 0 Å². The van der Waals surface area contributed by atoms with Crippen molar-refractivity contribution in [1.29, 1.82) is 0 Å². The van der Waals surface area contributed by atoms with Gasteiger partial charge in [-0.1, -0.05) is 0 Å². The van der Waals surface area contributed by atoms with E-state index in [1.165, 1.54) is 13.0 Å². The van der Waals surface area contributed by atoms with Crippen molar-refractivity contribution >= 4 is 5.91 Å². The molecular weight excluding hydrogens is 202 g/mol. The average molecular weight is 225 g/mol. The molecule has 4 heteroatoms. The van der Waals surface area contributed by atoms with Crippen LogP contribution in [-0.4, -0.2) is 48.6 Å². The summed E-state index contributed by atoms with van der Waals surface area (Å²) in [4.78, 5) is 13.5. The predicted octanol–water partition coefficient (Wildman–Crippen LogP) is 0.337. The molecule has 0 saturated carbocycles. The van der Waals surface area contributed by atoms with Crippen molar-refractivity contribution in [3.8, 4) is 0 Å². The summed E-state index contributed by atoms with van der Waals surface area (Å²) in [5.74, 6) is 0.210. The van der Waals surface area contributed by atoms with Crippen LogP contribution in [0.15, 0.2) is 0 Å². The van der Waals surface area contributed by atoms with E-state index in [9.17, 15) is 4.79 Å². The minimum absolute atomic E-state index is 0.210. The topological polar surface area (TPSA) is 44.4 Å². The van der Waals surface area contributed by atoms with E-state index in [1.54, 1.807) is 0 Å². The van der Waals surface area contributed by atoms with Crippen molar-refractivity contribution in [2.75, 3.05) is 19.6 Å². The number of hydrogen-bond acceptors (Lipinski definition) is 3. The molecule has 0 aromatic heterocycles. The number of amides is 1. The summed E-state index contributed by atoms with van der Waals surface area (Å²) < 4.78 is 0. The summed E-state index contributed by atoms with van der Waals surface area (Å²) in [5, 5.41) is 6.57. The highest BCUT2D eigenvalue weighted by Crippen LogP contribution is 2.13. The first-order valence-corrected chi connectivity index (χ1v) is 6.42. The van der Waals surface area contributed by atoms with Crippen LogP contribution in [0.3, 0.4) is 0 Å². The Balaban J connectivity index is 1.66. The zero-order chi connectivity index (χ0) is 11.5. The minimum Gasteiger partial charge on any atom is -0.352 e. The predicted molar refractivity (Wildman–Crippen MR) is 64.3 cm³/mol. The van der Waals surface area contributed by atoms with E-state index < -0.39 is 0 Å². The number of nitrogens with zero attached hydrogens (tertiary/aromatic N) is 1. The van der Waals surface area contributed by atoms with Crippen LogP contribution in [0.5, 0.6) is 0 Å². The lowest BCUT2D eigenvalue weighted by Gasteiger charge is -2.21. The van der Waals surface area contributed by atoms with Crippen molar-refractivity contribution in [1.82, 2.24) is 15.5 Å². The number of rotatable bonds is 4. The van der Waals surface area contributed by atoms with Crippen LogP contribution in [-0.2, 0) is 4.79 Å². The van der Waals surface area contributed by atoms with Gasteiger partial charge in [0.15, 0.2) is 0 Å². The zero-order valence-corrected chi connectivity index (χ0v) is 10.3. The van der Waals surface area contributed by atoms with Gasteiger partial charge in [-0.2, -0.15) is 0 Å². The molecule has 0 radical (unpaired) electrons. The van der Waals surface area contributed by atoms with E-state index in [1.807, 2.05) is 0 Å². The van der Waals surface area contributed by atoms with Crippen LogP contribution in [0.25, 0.3) is 0 Å². The summed E-state index contributed by atoms with van der Waals surface area (Å²) in [7, 11) is 0. The van der Waals surface area contributed by atoms with E-state index in [0.717, 1.165) is 19.5 Å². The molecule has 2 rings (SSSR count). The van der Waals surface area contributed by atoms with Gasteiger partial charge in [0, 0.05) is 37.6 Å². The van der Waals surface area contributed by atoms with Crippen molar-refractivity contribution in [2.24, 2.45) is 0 Å². The SMILES string of the molecule is CC(C)N1CCC(NCC2CCC(=O)N2)C1. The Kier molecular flexibility index (Phi) is 3.82.